The van der Waals surface area contributed by atoms with Crippen LogP contribution in [0.5, 0.6) is 0 Å². The summed E-state index contributed by atoms with van der Waals surface area (Å²) in [6.07, 6.45) is 4.50. The SMILES string of the molecule is Cc1nc(-n2ccc(C3CC3)n2)ccc1N. The zero-order valence-electron chi connectivity index (χ0n) is 9.22. The van der Waals surface area contributed by atoms with Crippen molar-refractivity contribution in [3.8, 4) is 5.82 Å². The molecule has 2 heterocycles. The Kier molecular flexibility index (Phi) is 1.96. The summed E-state index contributed by atoms with van der Waals surface area (Å²) in [4.78, 5) is 4.41. The van der Waals surface area contributed by atoms with Gasteiger partial charge in [0.05, 0.1) is 17.1 Å². The summed E-state index contributed by atoms with van der Waals surface area (Å²) >= 11 is 0. The van der Waals surface area contributed by atoms with Crippen LogP contribution in [-0.4, -0.2) is 14.8 Å². The van der Waals surface area contributed by atoms with Crippen molar-refractivity contribution in [1.82, 2.24) is 14.8 Å². The number of hydrogen-bond donors (Lipinski definition) is 1. The third kappa shape index (κ3) is 1.56. The maximum atomic E-state index is 5.74. The van der Waals surface area contributed by atoms with E-state index in [1.165, 1.54) is 18.5 Å². The third-order valence-corrected chi connectivity index (χ3v) is 2.95. The summed E-state index contributed by atoms with van der Waals surface area (Å²) in [7, 11) is 0. The Balaban J connectivity index is 1.97. The highest BCUT2D eigenvalue weighted by atomic mass is 15.3. The lowest BCUT2D eigenvalue weighted by Gasteiger charge is -2.03. The van der Waals surface area contributed by atoms with Gasteiger partial charge in [0.1, 0.15) is 0 Å². The Morgan fingerprint density at radius 1 is 1.31 bits per heavy atom. The topological polar surface area (TPSA) is 56.7 Å². The standard InChI is InChI=1S/C12H14N4/c1-8-10(13)4-5-12(14-8)16-7-6-11(15-16)9-2-3-9/h4-7,9H,2-3,13H2,1H3. The third-order valence-electron chi connectivity index (χ3n) is 2.95. The first-order valence-corrected chi connectivity index (χ1v) is 5.53. The van der Waals surface area contributed by atoms with Gasteiger partial charge in [-0.25, -0.2) is 9.67 Å². The van der Waals surface area contributed by atoms with E-state index in [4.69, 9.17) is 5.73 Å². The molecule has 1 saturated carbocycles. The molecule has 1 fully saturated rings. The molecular weight excluding hydrogens is 200 g/mol. The number of nitrogens with two attached hydrogens (primary N) is 1. The highest BCUT2D eigenvalue weighted by molar-refractivity contribution is 5.45. The zero-order chi connectivity index (χ0) is 11.1. The van der Waals surface area contributed by atoms with Crippen molar-refractivity contribution in [1.29, 1.82) is 0 Å². The van der Waals surface area contributed by atoms with Gasteiger partial charge in [-0.05, 0) is 38.0 Å². The molecule has 0 saturated heterocycles. The fourth-order valence-electron chi connectivity index (χ4n) is 1.75. The molecule has 2 aromatic rings. The molecule has 0 spiro atoms. The van der Waals surface area contributed by atoms with E-state index in [-0.39, 0.29) is 0 Å². The van der Waals surface area contributed by atoms with Gasteiger partial charge in [0.15, 0.2) is 5.82 Å². The molecule has 0 unspecified atom stereocenters. The van der Waals surface area contributed by atoms with E-state index in [9.17, 15) is 0 Å². The van der Waals surface area contributed by atoms with Gasteiger partial charge in [-0.1, -0.05) is 0 Å². The van der Waals surface area contributed by atoms with E-state index < -0.39 is 0 Å². The molecule has 1 aliphatic carbocycles. The van der Waals surface area contributed by atoms with E-state index in [2.05, 4.69) is 16.1 Å². The van der Waals surface area contributed by atoms with E-state index in [1.54, 1.807) is 0 Å². The van der Waals surface area contributed by atoms with Crippen molar-refractivity contribution in [2.75, 3.05) is 5.73 Å². The summed E-state index contributed by atoms with van der Waals surface area (Å²) in [5, 5.41) is 4.53. The molecule has 0 amide bonds. The molecule has 3 rings (SSSR count). The van der Waals surface area contributed by atoms with Gasteiger partial charge in [-0.15, -0.1) is 0 Å². The highest BCUT2D eigenvalue weighted by Gasteiger charge is 2.25. The monoisotopic (exact) mass is 214 g/mol. The number of pyridine rings is 1. The second kappa shape index (κ2) is 3.33. The Hall–Kier alpha value is -1.84. The first kappa shape index (κ1) is 9.39. The van der Waals surface area contributed by atoms with Crippen LogP contribution in [0.4, 0.5) is 5.69 Å². The molecular formula is C12H14N4. The number of nitrogen functional groups attached to an aromatic ring is 1. The normalized spacial score (nSPS) is 15.3. The molecule has 4 nitrogen and oxygen atoms in total. The maximum Gasteiger partial charge on any atom is 0.153 e. The van der Waals surface area contributed by atoms with Gasteiger partial charge >= 0.3 is 0 Å². The molecule has 0 atom stereocenters. The summed E-state index contributed by atoms with van der Waals surface area (Å²) in [5.41, 5.74) is 8.48. The average Bonchev–Trinajstić information content (AvgIpc) is 3.01. The minimum Gasteiger partial charge on any atom is -0.397 e. The number of rotatable bonds is 2. The Morgan fingerprint density at radius 3 is 2.81 bits per heavy atom. The van der Waals surface area contributed by atoms with Crippen LogP contribution in [0.1, 0.15) is 30.1 Å². The van der Waals surface area contributed by atoms with Gasteiger partial charge in [-0.2, -0.15) is 5.10 Å². The lowest BCUT2D eigenvalue weighted by Crippen LogP contribution is -2.02. The van der Waals surface area contributed by atoms with Crippen LogP contribution >= 0.6 is 0 Å². The van der Waals surface area contributed by atoms with Gasteiger partial charge in [0.2, 0.25) is 0 Å². The summed E-state index contributed by atoms with van der Waals surface area (Å²) in [6, 6.07) is 5.84. The molecule has 0 radical (unpaired) electrons. The predicted octanol–water partition coefficient (Wildman–Crippen LogP) is 2.04. The van der Waals surface area contributed by atoms with E-state index in [0.29, 0.717) is 5.92 Å². The largest absolute Gasteiger partial charge is 0.397 e. The van der Waals surface area contributed by atoms with Crippen LogP contribution in [0, 0.1) is 6.92 Å². The van der Waals surface area contributed by atoms with Crippen LogP contribution in [0.2, 0.25) is 0 Å². The Labute approximate surface area is 94.1 Å². The van der Waals surface area contributed by atoms with Gasteiger partial charge < -0.3 is 5.73 Å². The molecule has 16 heavy (non-hydrogen) atoms. The lowest BCUT2D eigenvalue weighted by molar-refractivity contribution is 0.809. The second-order valence-electron chi connectivity index (χ2n) is 4.30. The minimum atomic E-state index is 0.677. The van der Waals surface area contributed by atoms with Crippen LogP contribution in [0.3, 0.4) is 0 Å². The lowest BCUT2D eigenvalue weighted by atomic mass is 10.3. The highest BCUT2D eigenvalue weighted by Crippen LogP contribution is 2.38. The summed E-state index contributed by atoms with van der Waals surface area (Å²) in [6.45, 7) is 1.91. The quantitative estimate of drug-likeness (QED) is 0.832. The molecule has 2 aromatic heterocycles. The van der Waals surface area contributed by atoms with Crippen LogP contribution in [0.25, 0.3) is 5.82 Å². The number of aromatic nitrogens is 3. The number of nitrogens with zero attached hydrogens (tertiary/aromatic N) is 3. The number of aryl methyl sites for hydroxylation is 1. The van der Waals surface area contributed by atoms with Crippen LogP contribution in [-0.2, 0) is 0 Å². The molecule has 82 valence electrons. The fraction of sp³-hybridized carbons (Fsp3) is 0.333. The van der Waals surface area contributed by atoms with Gasteiger partial charge in [0, 0.05) is 12.1 Å². The number of hydrogen-bond acceptors (Lipinski definition) is 3. The molecule has 0 aromatic carbocycles. The van der Waals surface area contributed by atoms with Crippen molar-refractivity contribution >= 4 is 5.69 Å². The smallest absolute Gasteiger partial charge is 0.153 e. The molecule has 2 N–H and O–H groups in total. The van der Waals surface area contributed by atoms with Crippen LogP contribution in [0.15, 0.2) is 24.4 Å². The molecule has 0 bridgehead atoms. The molecule has 1 aliphatic rings. The first-order valence-electron chi connectivity index (χ1n) is 5.53. The summed E-state index contributed by atoms with van der Waals surface area (Å²) in [5.74, 6) is 1.51. The minimum absolute atomic E-state index is 0.677. The van der Waals surface area contributed by atoms with Crippen molar-refractivity contribution in [3.05, 3.63) is 35.8 Å². The van der Waals surface area contributed by atoms with Crippen molar-refractivity contribution in [3.63, 3.8) is 0 Å². The van der Waals surface area contributed by atoms with E-state index in [0.717, 1.165) is 17.2 Å². The summed E-state index contributed by atoms with van der Waals surface area (Å²) < 4.78 is 1.82. The maximum absolute atomic E-state index is 5.74. The Morgan fingerprint density at radius 2 is 2.12 bits per heavy atom. The zero-order valence-corrected chi connectivity index (χ0v) is 9.22. The van der Waals surface area contributed by atoms with Crippen molar-refractivity contribution < 1.29 is 0 Å². The van der Waals surface area contributed by atoms with Crippen LogP contribution < -0.4 is 5.73 Å². The van der Waals surface area contributed by atoms with E-state index >= 15 is 0 Å². The van der Waals surface area contributed by atoms with E-state index in [1.807, 2.05) is 29.9 Å². The first-order chi connectivity index (χ1) is 7.74. The predicted molar refractivity (Wildman–Crippen MR) is 62.5 cm³/mol. The average molecular weight is 214 g/mol. The van der Waals surface area contributed by atoms with Gasteiger partial charge in [0.25, 0.3) is 0 Å². The number of anilines is 1. The fourth-order valence-corrected chi connectivity index (χ4v) is 1.75. The molecule has 0 aliphatic heterocycles. The second-order valence-corrected chi connectivity index (χ2v) is 4.30. The Bertz CT molecular complexity index is 526. The van der Waals surface area contributed by atoms with Crippen molar-refractivity contribution in [2.24, 2.45) is 0 Å². The van der Waals surface area contributed by atoms with Gasteiger partial charge in [-0.3, -0.25) is 0 Å². The van der Waals surface area contributed by atoms with Crippen molar-refractivity contribution in [2.45, 2.75) is 25.7 Å². The molecule has 4 heteroatoms.